The molecule has 0 aliphatic carbocycles. The molecule has 0 bridgehead atoms. The van der Waals surface area contributed by atoms with E-state index in [9.17, 15) is 18.0 Å². The second-order valence-corrected chi connectivity index (χ2v) is 6.46. The van der Waals surface area contributed by atoms with Gasteiger partial charge in [-0.05, 0) is 31.9 Å². The van der Waals surface area contributed by atoms with Gasteiger partial charge in [0.15, 0.2) is 5.65 Å². The molecule has 0 radical (unpaired) electrons. The molecule has 11 heteroatoms. The first-order valence-corrected chi connectivity index (χ1v) is 8.61. The lowest BCUT2D eigenvalue weighted by Gasteiger charge is -2.27. The highest BCUT2D eigenvalue weighted by Gasteiger charge is 2.46. The number of amides is 1. The van der Waals surface area contributed by atoms with Crippen molar-refractivity contribution in [3.63, 3.8) is 0 Å². The number of fused-ring (bicyclic) bond motifs is 1. The van der Waals surface area contributed by atoms with Crippen LogP contribution in [-0.4, -0.2) is 49.2 Å². The predicted molar refractivity (Wildman–Crippen MR) is 94.1 cm³/mol. The summed E-state index contributed by atoms with van der Waals surface area (Å²) < 4.78 is 41.3. The van der Waals surface area contributed by atoms with Crippen LogP contribution >= 0.6 is 0 Å². The maximum absolute atomic E-state index is 13.3. The number of hydrogen-bond acceptors (Lipinski definition) is 6. The highest BCUT2D eigenvalue weighted by molar-refractivity contribution is 6.08. The SMILES string of the molecule is Cc1nn2ccc(N3CCCC3C(F)(F)F)nc2c1C(=O)Nc1ccncn1. The van der Waals surface area contributed by atoms with Gasteiger partial charge in [0.1, 0.15) is 29.6 Å². The lowest BCUT2D eigenvalue weighted by Crippen LogP contribution is -2.41. The summed E-state index contributed by atoms with van der Waals surface area (Å²) in [4.78, 5) is 26.0. The molecule has 1 amide bonds. The van der Waals surface area contributed by atoms with E-state index in [1.54, 1.807) is 6.92 Å². The van der Waals surface area contributed by atoms with Crippen molar-refractivity contribution in [3.8, 4) is 0 Å². The average molecular weight is 391 g/mol. The molecule has 3 aromatic rings. The summed E-state index contributed by atoms with van der Waals surface area (Å²) in [6, 6.07) is 1.43. The first-order valence-electron chi connectivity index (χ1n) is 8.61. The Morgan fingerprint density at radius 1 is 1.32 bits per heavy atom. The Morgan fingerprint density at radius 3 is 2.86 bits per heavy atom. The number of aromatic nitrogens is 5. The van der Waals surface area contributed by atoms with Gasteiger partial charge in [-0.15, -0.1) is 0 Å². The first-order chi connectivity index (χ1) is 13.3. The summed E-state index contributed by atoms with van der Waals surface area (Å²) in [5.41, 5.74) is 0.780. The van der Waals surface area contributed by atoms with Crippen LogP contribution in [0, 0.1) is 6.92 Å². The maximum Gasteiger partial charge on any atom is 0.408 e. The first kappa shape index (κ1) is 18.1. The van der Waals surface area contributed by atoms with Crippen molar-refractivity contribution in [2.75, 3.05) is 16.8 Å². The lowest BCUT2D eigenvalue weighted by molar-refractivity contribution is -0.146. The van der Waals surface area contributed by atoms with Gasteiger partial charge >= 0.3 is 6.18 Å². The number of hydrogen-bond donors (Lipinski definition) is 1. The van der Waals surface area contributed by atoms with Crippen LogP contribution in [0.2, 0.25) is 0 Å². The molecular formula is C17H16F3N7O. The summed E-state index contributed by atoms with van der Waals surface area (Å²) in [7, 11) is 0. The summed E-state index contributed by atoms with van der Waals surface area (Å²) in [5, 5.41) is 6.85. The topological polar surface area (TPSA) is 88.3 Å². The third-order valence-electron chi connectivity index (χ3n) is 4.62. The molecule has 1 atom stereocenters. The molecule has 0 spiro atoms. The van der Waals surface area contributed by atoms with Gasteiger partial charge in [-0.2, -0.15) is 18.3 Å². The molecule has 4 rings (SSSR count). The molecule has 0 saturated carbocycles. The predicted octanol–water partition coefficient (Wildman–Crippen LogP) is 2.61. The Bertz CT molecular complexity index is 1020. The highest BCUT2D eigenvalue weighted by atomic mass is 19.4. The van der Waals surface area contributed by atoms with Crippen molar-refractivity contribution in [3.05, 3.63) is 42.1 Å². The van der Waals surface area contributed by atoms with Crippen molar-refractivity contribution in [2.45, 2.75) is 32.0 Å². The molecule has 8 nitrogen and oxygen atoms in total. The summed E-state index contributed by atoms with van der Waals surface area (Å²) in [6.07, 6.45) is 0.393. The van der Waals surface area contributed by atoms with Crippen molar-refractivity contribution >= 4 is 23.2 Å². The maximum atomic E-state index is 13.3. The van der Waals surface area contributed by atoms with Gasteiger partial charge in [-0.25, -0.2) is 19.5 Å². The summed E-state index contributed by atoms with van der Waals surface area (Å²) >= 11 is 0. The Morgan fingerprint density at radius 2 is 2.14 bits per heavy atom. The van der Waals surface area contributed by atoms with E-state index in [4.69, 9.17) is 0 Å². The fraction of sp³-hybridized carbons (Fsp3) is 0.353. The Hall–Kier alpha value is -3.24. The molecule has 146 valence electrons. The van der Waals surface area contributed by atoms with E-state index in [0.717, 1.165) is 0 Å². The minimum Gasteiger partial charge on any atom is -0.344 e. The number of rotatable bonds is 3. The van der Waals surface area contributed by atoms with Gasteiger partial charge in [0.25, 0.3) is 5.91 Å². The van der Waals surface area contributed by atoms with Gasteiger partial charge in [0.2, 0.25) is 0 Å². The smallest absolute Gasteiger partial charge is 0.344 e. The van der Waals surface area contributed by atoms with Crippen molar-refractivity contribution < 1.29 is 18.0 Å². The number of carbonyl (C=O) groups is 1. The molecule has 1 aliphatic rings. The largest absolute Gasteiger partial charge is 0.408 e. The Labute approximate surface area is 157 Å². The van der Waals surface area contributed by atoms with Gasteiger partial charge in [-0.1, -0.05) is 0 Å². The Kier molecular flexibility index (Phi) is 4.36. The quantitative estimate of drug-likeness (QED) is 0.738. The zero-order valence-electron chi connectivity index (χ0n) is 14.8. The van der Waals surface area contributed by atoms with E-state index in [1.807, 2.05) is 0 Å². The third kappa shape index (κ3) is 3.23. The second kappa shape index (κ2) is 6.73. The van der Waals surface area contributed by atoms with Crippen molar-refractivity contribution in [2.24, 2.45) is 0 Å². The number of halogens is 3. The molecule has 1 aliphatic heterocycles. The van der Waals surface area contributed by atoms with Crippen LogP contribution in [-0.2, 0) is 0 Å². The van der Waals surface area contributed by atoms with Crippen LogP contribution in [0.1, 0.15) is 28.9 Å². The standard InChI is InChI=1S/C17H16F3N7O/c1-10-14(16(28)23-12-4-6-21-9-22-12)15-24-13(5-8-27(15)25-10)26-7-2-3-11(26)17(18,19)20/h4-6,8-9,11H,2-3,7H2,1H3,(H,21,22,23,28). The number of nitrogens with one attached hydrogen (secondary N) is 1. The zero-order chi connectivity index (χ0) is 19.9. The van der Waals surface area contributed by atoms with Crippen LogP contribution in [0.4, 0.5) is 24.8 Å². The van der Waals surface area contributed by atoms with E-state index in [1.165, 1.54) is 40.3 Å². The number of alkyl halides is 3. The van der Waals surface area contributed by atoms with Crippen LogP contribution in [0.3, 0.4) is 0 Å². The van der Waals surface area contributed by atoms with Crippen LogP contribution in [0.5, 0.6) is 0 Å². The van der Waals surface area contributed by atoms with E-state index in [-0.39, 0.29) is 30.0 Å². The molecule has 3 aromatic heterocycles. The van der Waals surface area contributed by atoms with Gasteiger partial charge in [0.05, 0.1) is 5.69 Å². The Balaban J connectivity index is 1.71. The van der Waals surface area contributed by atoms with Crippen LogP contribution in [0.25, 0.3) is 5.65 Å². The van der Waals surface area contributed by atoms with Crippen molar-refractivity contribution in [1.82, 2.24) is 24.6 Å². The number of nitrogens with zero attached hydrogens (tertiary/aromatic N) is 6. The minimum atomic E-state index is -4.34. The normalized spacial score (nSPS) is 17.3. The third-order valence-corrected chi connectivity index (χ3v) is 4.62. The monoisotopic (exact) mass is 391 g/mol. The molecule has 1 fully saturated rings. The lowest BCUT2D eigenvalue weighted by atomic mass is 10.2. The number of anilines is 2. The van der Waals surface area contributed by atoms with Crippen LogP contribution < -0.4 is 10.2 Å². The molecule has 4 heterocycles. The van der Waals surface area contributed by atoms with Crippen LogP contribution in [0.15, 0.2) is 30.9 Å². The summed E-state index contributed by atoms with van der Waals surface area (Å²) in [6.45, 7) is 1.89. The minimum absolute atomic E-state index is 0.0235. The fourth-order valence-corrected chi connectivity index (χ4v) is 3.38. The number of carbonyl (C=O) groups excluding carboxylic acids is 1. The second-order valence-electron chi connectivity index (χ2n) is 6.46. The van der Waals surface area contributed by atoms with E-state index >= 15 is 0 Å². The molecule has 28 heavy (non-hydrogen) atoms. The molecule has 0 aromatic carbocycles. The zero-order valence-corrected chi connectivity index (χ0v) is 14.8. The van der Waals surface area contributed by atoms with E-state index in [2.05, 4.69) is 25.4 Å². The van der Waals surface area contributed by atoms with Gasteiger partial charge < -0.3 is 10.2 Å². The molecule has 1 saturated heterocycles. The molecule has 1 unspecified atom stereocenters. The average Bonchev–Trinajstić information content (AvgIpc) is 3.25. The molecular weight excluding hydrogens is 375 g/mol. The number of aryl methyl sites for hydroxylation is 1. The van der Waals surface area contributed by atoms with Gasteiger partial charge in [0, 0.05) is 18.9 Å². The van der Waals surface area contributed by atoms with Crippen molar-refractivity contribution in [1.29, 1.82) is 0 Å². The van der Waals surface area contributed by atoms with E-state index < -0.39 is 18.1 Å². The summed E-state index contributed by atoms with van der Waals surface area (Å²) in [5.74, 6) is -0.0282. The highest BCUT2D eigenvalue weighted by Crippen LogP contribution is 2.35. The van der Waals surface area contributed by atoms with Gasteiger partial charge in [-0.3, -0.25) is 4.79 Å². The molecule has 1 N–H and O–H groups in total. The van der Waals surface area contributed by atoms with E-state index in [0.29, 0.717) is 17.9 Å². The fourth-order valence-electron chi connectivity index (χ4n) is 3.38.